The number of aromatic nitrogens is 3. The first-order valence-electron chi connectivity index (χ1n) is 10.1. The van der Waals surface area contributed by atoms with Crippen molar-refractivity contribution in [3.05, 3.63) is 24.2 Å². The van der Waals surface area contributed by atoms with Crippen molar-refractivity contribution in [1.82, 2.24) is 24.3 Å². The maximum Gasteiger partial charge on any atom is 0.255 e. The third kappa shape index (κ3) is 3.73. The molecule has 1 saturated carbocycles. The smallest absolute Gasteiger partial charge is 0.255 e. The number of amides is 2. The molecule has 2 fully saturated rings. The van der Waals surface area contributed by atoms with Gasteiger partial charge in [-0.05, 0) is 25.3 Å². The minimum Gasteiger partial charge on any atom is -0.375 e. The van der Waals surface area contributed by atoms with E-state index in [9.17, 15) is 9.59 Å². The largest absolute Gasteiger partial charge is 0.375 e. The number of fused-ring (bicyclic) bond motifs is 1. The zero-order valence-corrected chi connectivity index (χ0v) is 16.3. The molecule has 0 radical (unpaired) electrons. The van der Waals surface area contributed by atoms with E-state index in [1.807, 2.05) is 12.4 Å². The van der Waals surface area contributed by atoms with E-state index in [1.54, 1.807) is 16.0 Å². The molecule has 2 aliphatic rings. The molecule has 2 amide bonds. The maximum absolute atomic E-state index is 13.0. The summed E-state index contributed by atoms with van der Waals surface area (Å²) < 4.78 is 7.09. The zero-order valence-electron chi connectivity index (χ0n) is 16.3. The first-order chi connectivity index (χ1) is 13.7. The van der Waals surface area contributed by atoms with Crippen LogP contribution in [-0.2, 0) is 9.53 Å². The Morgan fingerprint density at radius 2 is 1.82 bits per heavy atom. The lowest BCUT2D eigenvalue weighted by atomic mass is 10.2. The number of methoxy groups -OCH3 is 1. The first kappa shape index (κ1) is 18.9. The van der Waals surface area contributed by atoms with Crippen LogP contribution in [0.15, 0.2) is 18.6 Å². The van der Waals surface area contributed by atoms with Gasteiger partial charge in [0.25, 0.3) is 5.91 Å². The van der Waals surface area contributed by atoms with Crippen LogP contribution in [-0.4, -0.2) is 76.0 Å². The molecule has 0 unspecified atom stereocenters. The average Bonchev–Trinajstić information content (AvgIpc) is 3.31. The highest BCUT2D eigenvalue weighted by Crippen LogP contribution is 2.31. The van der Waals surface area contributed by atoms with Crippen LogP contribution in [0, 0.1) is 0 Å². The number of nitrogens with zero attached hydrogens (tertiary/aromatic N) is 5. The normalized spacial score (nSPS) is 18.6. The molecule has 1 aliphatic heterocycles. The summed E-state index contributed by atoms with van der Waals surface area (Å²) in [7, 11) is 1.52. The Morgan fingerprint density at radius 3 is 2.61 bits per heavy atom. The molecule has 0 N–H and O–H groups in total. The topological polar surface area (TPSA) is 80.6 Å². The van der Waals surface area contributed by atoms with Crippen molar-refractivity contribution in [2.45, 2.75) is 38.1 Å². The van der Waals surface area contributed by atoms with Gasteiger partial charge < -0.3 is 19.1 Å². The highest BCUT2D eigenvalue weighted by molar-refractivity contribution is 5.96. The van der Waals surface area contributed by atoms with Crippen molar-refractivity contribution in [2.75, 3.05) is 39.9 Å². The van der Waals surface area contributed by atoms with Gasteiger partial charge in [-0.1, -0.05) is 12.8 Å². The molecule has 150 valence electrons. The minimum atomic E-state index is -0.0501. The van der Waals surface area contributed by atoms with Gasteiger partial charge in [-0.25, -0.2) is 9.97 Å². The quantitative estimate of drug-likeness (QED) is 0.803. The maximum atomic E-state index is 13.0. The van der Waals surface area contributed by atoms with Crippen LogP contribution in [0.2, 0.25) is 0 Å². The van der Waals surface area contributed by atoms with Gasteiger partial charge in [-0.15, -0.1) is 0 Å². The first-order valence-corrected chi connectivity index (χ1v) is 10.1. The van der Waals surface area contributed by atoms with Crippen molar-refractivity contribution < 1.29 is 14.3 Å². The average molecular weight is 385 g/mol. The van der Waals surface area contributed by atoms with Crippen LogP contribution >= 0.6 is 0 Å². The van der Waals surface area contributed by atoms with Gasteiger partial charge in [-0.2, -0.15) is 0 Å². The second kappa shape index (κ2) is 8.26. The Morgan fingerprint density at radius 1 is 1.07 bits per heavy atom. The molecule has 3 heterocycles. The highest BCUT2D eigenvalue weighted by Gasteiger charge is 2.24. The number of rotatable bonds is 4. The molecule has 2 aromatic heterocycles. The third-order valence-electron chi connectivity index (χ3n) is 5.78. The standard InChI is InChI=1S/C20H27N5O3/c1-28-13-18(26)23-7-4-8-24(10-9-23)20(27)15-11-17-19(21-12-15)25(14-22-17)16-5-2-3-6-16/h11-12,14,16H,2-10,13H2,1H3. The summed E-state index contributed by atoms with van der Waals surface area (Å²) in [4.78, 5) is 37.6. The van der Waals surface area contributed by atoms with Crippen molar-refractivity contribution in [3.8, 4) is 0 Å². The number of pyridine rings is 1. The second-order valence-electron chi connectivity index (χ2n) is 7.62. The Kier molecular flexibility index (Phi) is 5.57. The minimum absolute atomic E-state index is 0.0302. The second-order valence-corrected chi connectivity index (χ2v) is 7.62. The SMILES string of the molecule is COCC(=O)N1CCCN(C(=O)c2cnc3c(c2)ncn3C2CCCC2)CC1. The van der Waals surface area contributed by atoms with Crippen LogP contribution < -0.4 is 0 Å². The van der Waals surface area contributed by atoms with E-state index in [2.05, 4.69) is 14.5 Å². The predicted octanol–water partition coefficient (Wildman–Crippen LogP) is 1.87. The Bertz CT molecular complexity index is 859. The molecule has 0 aromatic carbocycles. The van der Waals surface area contributed by atoms with E-state index in [4.69, 9.17) is 4.74 Å². The number of ether oxygens (including phenoxy) is 1. The summed E-state index contributed by atoms with van der Waals surface area (Å²) >= 11 is 0. The third-order valence-corrected chi connectivity index (χ3v) is 5.78. The van der Waals surface area contributed by atoms with Crippen LogP contribution in [0.5, 0.6) is 0 Å². The lowest BCUT2D eigenvalue weighted by Crippen LogP contribution is -2.38. The zero-order chi connectivity index (χ0) is 19.5. The lowest BCUT2D eigenvalue weighted by molar-refractivity contribution is -0.135. The summed E-state index contributed by atoms with van der Waals surface area (Å²) in [5, 5.41) is 0. The monoisotopic (exact) mass is 385 g/mol. The van der Waals surface area contributed by atoms with Crippen molar-refractivity contribution >= 4 is 23.0 Å². The summed E-state index contributed by atoms with van der Waals surface area (Å²) in [6.07, 6.45) is 9.11. The summed E-state index contributed by atoms with van der Waals surface area (Å²) in [6, 6.07) is 2.31. The van der Waals surface area contributed by atoms with Gasteiger partial charge in [0.2, 0.25) is 5.91 Å². The molecule has 28 heavy (non-hydrogen) atoms. The Balaban J connectivity index is 1.47. The molecule has 2 aromatic rings. The van der Waals surface area contributed by atoms with Gasteiger partial charge in [-0.3, -0.25) is 9.59 Å². The van der Waals surface area contributed by atoms with E-state index < -0.39 is 0 Å². The molecular weight excluding hydrogens is 358 g/mol. The molecular formula is C20H27N5O3. The predicted molar refractivity (Wildman–Crippen MR) is 104 cm³/mol. The molecule has 0 atom stereocenters. The number of carbonyl (C=O) groups excluding carboxylic acids is 2. The fraction of sp³-hybridized carbons (Fsp3) is 0.600. The van der Waals surface area contributed by atoms with E-state index in [1.165, 1.54) is 32.8 Å². The van der Waals surface area contributed by atoms with Gasteiger partial charge in [0.05, 0.1) is 11.9 Å². The van der Waals surface area contributed by atoms with Crippen molar-refractivity contribution in [3.63, 3.8) is 0 Å². The van der Waals surface area contributed by atoms with Crippen molar-refractivity contribution in [1.29, 1.82) is 0 Å². The summed E-state index contributed by atoms with van der Waals surface area (Å²) in [5.74, 6) is -0.0804. The molecule has 8 heteroatoms. The van der Waals surface area contributed by atoms with Crippen molar-refractivity contribution in [2.24, 2.45) is 0 Å². The summed E-state index contributed by atoms with van der Waals surface area (Å²) in [6.45, 7) is 2.40. The molecule has 1 saturated heterocycles. The van der Waals surface area contributed by atoms with Gasteiger partial charge in [0, 0.05) is 45.5 Å². The molecule has 0 spiro atoms. The van der Waals surface area contributed by atoms with Gasteiger partial charge in [0.1, 0.15) is 12.1 Å². The van der Waals surface area contributed by atoms with E-state index in [0.29, 0.717) is 37.8 Å². The molecule has 1 aliphatic carbocycles. The Hall–Kier alpha value is -2.48. The molecule has 0 bridgehead atoms. The van der Waals surface area contributed by atoms with Gasteiger partial charge >= 0.3 is 0 Å². The molecule has 4 rings (SSSR count). The summed E-state index contributed by atoms with van der Waals surface area (Å²) in [5.41, 5.74) is 2.18. The number of hydrogen-bond donors (Lipinski definition) is 0. The van der Waals surface area contributed by atoms with E-state index in [0.717, 1.165) is 17.6 Å². The highest BCUT2D eigenvalue weighted by atomic mass is 16.5. The van der Waals surface area contributed by atoms with Crippen LogP contribution in [0.1, 0.15) is 48.5 Å². The van der Waals surface area contributed by atoms with Crippen LogP contribution in [0.25, 0.3) is 11.2 Å². The Labute approximate surface area is 164 Å². The van der Waals surface area contributed by atoms with Gasteiger partial charge in [0.15, 0.2) is 5.65 Å². The van der Waals surface area contributed by atoms with E-state index in [-0.39, 0.29) is 18.4 Å². The molecule has 8 nitrogen and oxygen atoms in total. The fourth-order valence-corrected chi connectivity index (χ4v) is 4.25. The number of imidazole rings is 1. The number of carbonyl (C=O) groups is 2. The van der Waals surface area contributed by atoms with Crippen LogP contribution in [0.4, 0.5) is 0 Å². The number of hydrogen-bond acceptors (Lipinski definition) is 5. The fourth-order valence-electron chi connectivity index (χ4n) is 4.25. The van der Waals surface area contributed by atoms with Crippen LogP contribution in [0.3, 0.4) is 0 Å². The lowest BCUT2D eigenvalue weighted by Gasteiger charge is -2.22. The van der Waals surface area contributed by atoms with E-state index >= 15 is 0 Å².